The number of carbonyl (C=O) groups is 1. The molecule has 2 aliphatic rings. The molecule has 0 saturated heterocycles. The van der Waals surface area contributed by atoms with E-state index in [0.717, 1.165) is 0 Å². The summed E-state index contributed by atoms with van der Waals surface area (Å²) in [7, 11) is 0. The number of carboxylic acids is 1. The van der Waals surface area contributed by atoms with Crippen LogP contribution in [0.25, 0.3) is 0 Å². The molecule has 1 heterocycles. The quantitative estimate of drug-likeness (QED) is 0.822. The molecule has 0 spiro atoms. The molecule has 16 heavy (non-hydrogen) atoms. The maximum Gasteiger partial charge on any atom is 0.307 e. The summed E-state index contributed by atoms with van der Waals surface area (Å²) in [4.78, 5) is 10.9. The van der Waals surface area contributed by atoms with Crippen molar-refractivity contribution in [2.24, 2.45) is 11.8 Å². The van der Waals surface area contributed by atoms with Crippen molar-refractivity contribution in [3.05, 3.63) is 28.5 Å². The Balaban J connectivity index is 2.10. The Hall–Kier alpha value is -1.29. The summed E-state index contributed by atoms with van der Waals surface area (Å²) >= 11 is 5.89. The van der Waals surface area contributed by atoms with Crippen LogP contribution >= 0.6 is 11.6 Å². The summed E-state index contributed by atoms with van der Waals surface area (Å²) < 4.78 is 19.0. The molecule has 84 valence electrons. The van der Waals surface area contributed by atoms with Gasteiger partial charge in [0.1, 0.15) is 11.6 Å². The zero-order valence-electron chi connectivity index (χ0n) is 8.11. The Morgan fingerprint density at radius 1 is 1.56 bits per heavy atom. The summed E-state index contributed by atoms with van der Waals surface area (Å²) in [5.74, 6) is -1.94. The van der Waals surface area contributed by atoms with Gasteiger partial charge in [-0.1, -0.05) is 11.6 Å². The van der Waals surface area contributed by atoms with Gasteiger partial charge in [-0.3, -0.25) is 4.79 Å². The third-order valence-electron chi connectivity index (χ3n) is 3.30. The van der Waals surface area contributed by atoms with Gasteiger partial charge in [0.2, 0.25) is 0 Å². The molecule has 1 saturated carbocycles. The zero-order valence-corrected chi connectivity index (χ0v) is 8.87. The highest BCUT2D eigenvalue weighted by Gasteiger charge is 2.60. The van der Waals surface area contributed by atoms with Gasteiger partial charge in [-0.05, 0) is 12.1 Å². The fourth-order valence-corrected chi connectivity index (χ4v) is 2.72. The van der Waals surface area contributed by atoms with E-state index in [2.05, 4.69) is 0 Å². The summed E-state index contributed by atoms with van der Waals surface area (Å²) in [6.07, 6.45) is 0. The highest BCUT2D eigenvalue weighted by atomic mass is 35.5. The van der Waals surface area contributed by atoms with Gasteiger partial charge in [-0.15, -0.1) is 0 Å². The van der Waals surface area contributed by atoms with E-state index in [1.807, 2.05) is 0 Å². The molecule has 1 fully saturated rings. The minimum absolute atomic E-state index is 0.113. The Bertz CT molecular complexity index is 488. The highest BCUT2D eigenvalue weighted by molar-refractivity contribution is 6.32. The smallest absolute Gasteiger partial charge is 0.307 e. The van der Waals surface area contributed by atoms with Crippen molar-refractivity contribution in [2.45, 2.75) is 5.92 Å². The molecule has 1 unspecified atom stereocenters. The largest absolute Gasteiger partial charge is 0.491 e. The van der Waals surface area contributed by atoms with E-state index in [4.69, 9.17) is 21.4 Å². The van der Waals surface area contributed by atoms with E-state index in [9.17, 15) is 9.18 Å². The zero-order chi connectivity index (χ0) is 11.4. The molecule has 0 bridgehead atoms. The predicted octanol–water partition coefficient (Wildman–Crippen LogP) is 2.29. The molecule has 3 nitrogen and oxygen atoms in total. The third kappa shape index (κ3) is 1.16. The van der Waals surface area contributed by atoms with Crippen molar-refractivity contribution in [3.8, 4) is 5.75 Å². The van der Waals surface area contributed by atoms with Gasteiger partial charge in [-0.25, -0.2) is 4.39 Å². The first-order chi connectivity index (χ1) is 7.61. The van der Waals surface area contributed by atoms with E-state index in [1.165, 1.54) is 12.1 Å². The number of rotatable bonds is 1. The van der Waals surface area contributed by atoms with Crippen LogP contribution in [0.1, 0.15) is 11.5 Å². The monoisotopic (exact) mass is 242 g/mol. The highest BCUT2D eigenvalue weighted by Crippen LogP contribution is 2.60. The van der Waals surface area contributed by atoms with E-state index >= 15 is 0 Å². The number of hydrogen-bond donors (Lipinski definition) is 1. The first kappa shape index (κ1) is 9.90. The molecular weight excluding hydrogens is 235 g/mol. The molecule has 1 aliphatic carbocycles. The first-order valence-corrected chi connectivity index (χ1v) is 5.32. The van der Waals surface area contributed by atoms with Gasteiger partial charge in [0.25, 0.3) is 0 Å². The number of hydrogen-bond acceptors (Lipinski definition) is 2. The van der Waals surface area contributed by atoms with E-state index in [0.29, 0.717) is 22.9 Å². The lowest BCUT2D eigenvalue weighted by atomic mass is 10.0. The van der Waals surface area contributed by atoms with Crippen LogP contribution in [0.15, 0.2) is 12.1 Å². The second kappa shape index (κ2) is 3.10. The molecule has 1 aliphatic heterocycles. The maximum atomic E-state index is 13.6. The van der Waals surface area contributed by atoms with Crippen LogP contribution in [0.2, 0.25) is 5.02 Å². The second-order valence-electron chi connectivity index (χ2n) is 4.14. The molecular formula is C11H8ClFO3. The lowest BCUT2D eigenvalue weighted by molar-refractivity contribution is -0.139. The van der Waals surface area contributed by atoms with Gasteiger partial charge >= 0.3 is 5.97 Å². The molecule has 1 aromatic rings. The van der Waals surface area contributed by atoms with Crippen molar-refractivity contribution >= 4 is 17.6 Å². The number of ether oxygens (including phenoxy) is 1. The number of fused-ring (bicyclic) bond motifs is 3. The van der Waals surface area contributed by atoms with Crippen molar-refractivity contribution in [1.82, 2.24) is 0 Å². The topological polar surface area (TPSA) is 46.5 Å². The maximum absolute atomic E-state index is 13.6. The number of carboxylic acid groups (broad SMARTS) is 1. The SMILES string of the molecule is O=C(O)C1[C@H]2COc3c(Cl)ccc(F)c3[C@@H]12. The molecule has 0 aromatic heterocycles. The van der Waals surface area contributed by atoms with Crippen LogP contribution in [-0.2, 0) is 4.79 Å². The average molecular weight is 243 g/mol. The predicted molar refractivity (Wildman–Crippen MR) is 54.3 cm³/mol. The minimum Gasteiger partial charge on any atom is -0.491 e. The minimum atomic E-state index is -0.897. The third-order valence-corrected chi connectivity index (χ3v) is 3.60. The van der Waals surface area contributed by atoms with Gasteiger partial charge < -0.3 is 9.84 Å². The molecule has 3 atom stereocenters. The Labute approximate surface area is 95.8 Å². The van der Waals surface area contributed by atoms with Gasteiger partial charge in [0, 0.05) is 17.4 Å². The van der Waals surface area contributed by atoms with Crippen molar-refractivity contribution < 1.29 is 19.0 Å². The lowest BCUT2D eigenvalue weighted by Gasteiger charge is -2.17. The van der Waals surface area contributed by atoms with Crippen LogP contribution in [-0.4, -0.2) is 17.7 Å². The fourth-order valence-electron chi connectivity index (χ4n) is 2.50. The van der Waals surface area contributed by atoms with Gasteiger partial charge in [-0.2, -0.15) is 0 Å². The Morgan fingerprint density at radius 3 is 3.00 bits per heavy atom. The molecule has 5 heteroatoms. The van der Waals surface area contributed by atoms with Crippen molar-refractivity contribution in [2.75, 3.05) is 6.61 Å². The van der Waals surface area contributed by atoms with Crippen LogP contribution < -0.4 is 4.74 Å². The summed E-state index contributed by atoms with van der Waals surface area (Å²) in [5.41, 5.74) is 0.330. The number of halogens is 2. The fraction of sp³-hybridized carbons (Fsp3) is 0.364. The molecule has 1 N–H and O–H groups in total. The number of benzene rings is 1. The molecule has 0 radical (unpaired) electrons. The number of aliphatic carboxylic acids is 1. The molecule has 3 rings (SSSR count). The van der Waals surface area contributed by atoms with Crippen LogP contribution in [0.5, 0.6) is 5.75 Å². The second-order valence-corrected chi connectivity index (χ2v) is 4.54. The lowest BCUT2D eigenvalue weighted by Crippen LogP contribution is -2.10. The van der Waals surface area contributed by atoms with Crippen molar-refractivity contribution in [1.29, 1.82) is 0 Å². The summed E-state index contributed by atoms with van der Waals surface area (Å²) in [6.45, 7) is 0.303. The van der Waals surface area contributed by atoms with Crippen molar-refractivity contribution in [3.63, 3.8) is 0 Å². The standard InChI is InChI=1S/C11H8ClFO3/c12-5-1-2-6(13)9-7-4(3-16-10(5)9)8(7)11(14)15/h1-2,4,7-8H,3H2,(H,14,15)/t4-,7+,8?/m0/s1. The Kier molecular flexibility index (Phi) is 1.92. The van der Waals surface area contributed by atoms with Crippen LogP contribution in [0.4, 0.5) is 4.39 Å². The summed E-state index contributed by atoms with van der Waals surface area (Å²) in [6, 6.07) is 2.68. The summed E-state index contributed by atoms with van der Waals surface area (Å²) in [5, 5.41) is 9.30. The normalized spacial score (nSPS) is 30.0. The van der Waals surface area contributed by atoms with E-state index < -0.39 is 17.7 Å². The molecule has 0 amide bonds. The Morgan fingerprint density at radius 2 is 2.31 bits per heavy atom. The average Bonchev–Trinajstić information content (AvgIpc) is 2.97. The molecule has 1 aromatic carbocycles. The van der Waals surface area contributed by atoms with Crippen LogP contribution in [0, 0.1) is 17.7 Å². The first-order valence-electron chi connectivity index (χ1n) is 4.94. The van der Waals surface area contributed by atoms with E-state index in [-0.39, 0.29) is 11.8 Å². The van der Waals surface area contributed by atoms with Gasteiger partial charge in [0.05, 0.1) is 17.5 Å². The van der Waals surface area contributed by atoms with E-state index in [1.54, 1.807) is 0 Å². The van der Waals surface area contributed by atoms with Crippen LogP contribution in [0.3, 0.4) is 0 Å². The van der Waals surface area contributed by atoms with Gasteiger partial charge in [0.15, 0.2) is 0 Å².